The summed E-state index contributed by atoms with van der Waals surface area (Å²) >= 11 is 7.50. The normalized spacial score (nSPS) is 10.4. The van der Waals surface area contributed by atoms with Crippen molar-refractivity contribution in [1.82, 2.24) is 9.97 Å². The first-order valence-electron chi connectivity index (χ1n) is 8.50. The van der Waals surface area contributed by atoms with Gasteiger partial charge in [0, 0.05) is 23.3 Å². The minimum absolute atomic E-state index is 0.112. The summed E-state index contributed by atoms with van der Waals surface area (Å²) in [6, 6.07) is 16.6. The van der Waals surface area contributed by atoms with E-state index in [2.05, 4.69) is 20.6 Å². The molecule has 0 radical (unpaired) electrons. The van der Waals surface area contributed by atoms with E-state index in [-0.39, 0.29) is 11.7 Å². The number of methoxy groups -OCH3 is 1. The highest BCUT2D eigenvalue weighted by molar-refractivity contribution is 7.99. The molecular formula is C20H19ClN4O2S. The topological polar surface area (TPSA) is 76.1 Å². The zero-order valence-electron chi connectivity index (χ0n) is 15.2. The van der Waals surface area contributed by atoms with Crippen LogP contribution in [0.1, 0.15) is 5.56 Å². The molecule has 0 saturated heterocycles. The Morgan fingerprint density at radius 1 is 1.14 bits per heavy atom. The molecule has 0 saturated carbocycles. The van der Waals surface area contributed by atoms with Gasteiger partial charge in [0.25, 0.3) is 0 Å². The quantitative estimate of drug-likeness (QED) is 0.418. The number of hydrogen-bond donors (Lipinski definition) is 2. The van der Waals surface area contributed by atoms with Gasteiger partial charge in [0.05, 0.1) is 12.9 Å². The minimum atomic E-state index is -0.112. The summed E-state index contributed by atoms with van der Waals surface area (Å²) < 4.78 is 5.10. The van der Waals surface area contributed by atoms with Crippen LogP contribution in [0.25, 0.3) is 0 Å². The summed E-state index contributed by atoms with van der Waals surface area (Å²) in [4.78, 5) is 20.5. The summed E-state index contributed by atoms with van der Waals surface area (Å²) in [5.41, 5.74) is 1.70. The lowest BCUT2D eigenvalue weighted by Crippen LogP contribution is -2.14. The monoisotopic (exact) mass is 414 g/mol. The summed E-state index contributed by atoms with van der Waals surface area (Å²) in [5, 5.41) is 7.47. The fraction of sp³-hybridized carbons (Fsp3) is 0.150. The van der Waals surface area contributed by atoms with Crippen LogP contribution in [-0.2, 0) is 11.3 Å². The van der Waals surface area contributed by atoms with Gasteiger partial charge < -0.3 is 15.4 Å². The van der Waals surface area contributed by atoms with Crippen molar-refractivity contribution in [2.75, 3.05) is 23.5 Å². The molecule has 0 bridgehead atoms. The minimum Gasteiger partial charge on any atom is -0.497 e. The van der Waals surface area contributed by atoms with Crippen LogP contribution in [0, 0.1) is 0 Å². The first-order chi connectivity index (χ1) is 13.6. The maximum absolute atomic E-state index is 12.1. The van der Waals surface area contributed by atoms with Crippen LogP contribution in [0.3, 0.4) is 0 Å². The third-order valence-electron chi connectivity index (χ3n) is 3.78. The van der Waals surface area contributed by atoms with E-state index in [9.17, 15) is 4.79 Å². The Balaban J connectivity index is 1.51. The molecule has 0 aliphatic rings. The Hall–Kier alpha value is -2.77. The molecule has 0 fully saturated rings. The van der Waals surface area contributed by atoms with E-state index in [0.717, 1.165) is 17.0 Å². The lowest BCUT2D eigenvalue weighted by Gasteiger charge is -2.08. The second-order valence-corrected chi connectivity index (χ2v) is 7.15. The van der Waals surface area contributed by atoms with Crippen molar-refractivity contribution in [1.29, 1.82) is 0 Å². The van der Waals surface area contributed by atoms with Gasteiger partial charge in [0.2, 0.25) is 5.91 Å². The molecule has 3 aromatic rings. The molecule has 6 nitrogen and oxygen atoms in total. The van der Waals surface area contributed by atoms with Gasteiger partial charge in [-0.3, -0.25) is 4.79 Å². The van der Waals surface area contributed by atoms with Crippen LogP contribution in [-0.4, -0.2) is 28.7 Å². The molecule has 1 heterocycles. The molecule has 2 N–H and O–H groups in total. The molecule has 28 heavy (non-hydrogen) atoms. The Kier molecular flexibility index (Phi) is 7.11. The standard InChI is InChI=1S/C20H19ClN4O2S/c1-27-16-8-6-15(7-9-16)25-19(26)12-28-20-10-18(23-13-24-20)22-11-14-4-2-3-5-17(14)21/h2-10,13H,11-12H2,1H3,(H,25,26)(H,22,23,24). The van der Waals surface area contributed by atoms with Crippen molar-refractivity contribution >= 4 is 40.8 Å². The number of aromatic nitrogens is 2. The molecule has 1 aromatic heterocycles. The third-order valence-corrected chi connectivity index (χ3v) is 5.08. The average Bonchev–Trinajstić information content (AvgIpc) is 2.72. The fourth-order valence-electron chi connectivity index (χ4n) is 2.35. The number of nitrogens with one attached hydrogen (secondary N) is 2. The molecule has 0 aliphatic carbocycles. The molecule has 0 unspecified atom stereocenters. The highest BCUT2D eigenvalue weighted by Gasteiger charge is 2.07. The van der Waals surface area contributed by atoms with Gasteiger partial charge in [-0.1, -0.05) is 41.6 Å². The molecule has 1 amide bonds. The fourth-order valence-corrected chi connectivity index (χ4v) is 3.22. The number of benzene rings is 2. The molecule has 3 rings (SSSR count). The number of amides is 1. The van der Waals surface area contributed by atoms with Crippen molar-refractivity contribution in [2.45, 2.75) is 11.6 Å². The molecule has 144 valence electrons. The molecule has 0 aliphatic heterocycles. The number of hydrogen-bond acceptors (Lipinski definition) is 6. The Morgan fingerprint density at radius 2 is 1.93 bits per heavy atom. The van der Waals surface area contributed by atoms with Gasteiger partial charge >= 0.3 is 0 Å². The number of carbonyl (C=O) groups is 1. The maximum Gasteiger partial charge on any atom is 0.234 e. The first-order valence-corrected chi connectivity index (χ1v) is 9.86. The van der Waals surface area contributed by atoms with Crippen LogP contribution >= 0.6 is 23.4 Å². The number of rotatable bonds is 8. The van der Waals surface area contributed by atoms with Crippen LogP contribution in [0.5, 0.6) is 5.75 Å². The molecule has 2 aromatic carbocycles. The van der Waals surface area contributed by atoms with Gasteiger partial charge in [-0.2, -0.15) is 0 Å². The Bertz CT molecular complexity index is 937. The van der Waals surface area contributed by atoms with Crippen molar-refractivity contribution < 1.29 is 9.53 Å². The Labute approximate surface area is 172 Å². The summed E-state index contributed by atoms with van der Waals surface area (Å²) in [6.07, 6.45) is 1.47. The van der Waals surface area contributed by atoms with Gasteiger partial charge in [0.15, 0.2) is 0 Å². The second kappa shape index (κ2) is 9.96. The zero-order valence-corrected chi connectivity index (χ0v) is 16.8. The summed E-state index contributed by atoms with van der Waals surface area (Å²) in [5.74, 6) is 1.55. The van der Waals surface area contributed by atoms with Crippen LogP contribution < -0.4 is 15.4 Å². The van der Waals surface area contributed by atoms with Crippen molar-refractivity contribution in [3.05, 3.63) is 71.5 Å². The summed E-state index contributed by atoms with van der Waals surface area (Å²) in [6.45, 7) is 0.554. The van der Waals surface area contributed by atoms with Crippen molar-refractivity contribution in [2.24, 2.45) is 0 Å². The lowest BCUT2D eigenvalue weighted by atomic mass is 10.2. The molecule has 8 heteroatoms. The zero-order chi connectivity index (χ0) is 19.8. The molecule has 0 atom stereocenters. The number of anilines is 2. The van der Waals surface area contributed by atoms with Crippen molar-refractivity contribution in [3.8, 4) is 5.75 Å². The van der Waals surface area contributed by atoms with Gasteiger partial charge in [0.1, 0.15) is 22.9 Å². The van der Waals surface area contributed by atoms with Crippen LogP contribution in [0.15, 0.2) is 66.0 Å². The summed E-state index contributed by atoms with van der Waals surface area (Å²) in [7, 11) is 1.60. The van der Waals surface area contributed by atoms with E-state index in [0.29, 0.717) is 22.4 Å². The average molecular weight is 415 g/mol. The van der Waals surface area contributed by atoms with E-state index in [1.165, 1.54) is 18.1 Å². The van der Waals surface area contributed by atoms with Crippen LogP contribution in [0.2, 0.25) is 5.02 Å². The number of nitrogens with zero attached hydrogens (tertiary/aromatic N) is 2. The van der Waals surface area contributed by atoms with E-state index >= 15 is 0 Å². The third kappa shape index (κ3) is 5.87. The van der Waals surface area contributed by atoms with E-state index in [1.54, 1.807) is 31.4 Å². The number of carbonyl (C=O) groups excluding carboxylic acids is 1. The maximum atomic E-state index is 12.1. The van der Waals surface area contributed by atoms with E-state index in [1.807, 2.05) is 30.3 Å². The number of halogens is 1. The van der Waals surface area contributed by atoms with E-state index in [4.69, 9.17) is 16.3 Å². The highest BCUT2D eigenvalue weighted by Crippen LogP contribution is 2.20. The van der Waals surface area contributed by atoms with E-state index < -0.39 is 0 Å². The first kappa shape index (κ1) is 20.0. The number of thioether (sulfide) groups is 1. The predicted octanol–water partition coefficient (Wildman–Crippen LogP) is 4.48. The number of ether oxygens (including phenoxy) is 1. The smallest absolute Gasteiger partial charge is 0.234 e. The molecular weight excluding hydrogens is 396 g/mol. The van der Waals surface area contributed by atoms with Crippen LogP contribution in [0.4, 0.5) is 11.5 Å². The molecule has 0 spiro atoms. The largest absolute Gasteiger partial charge is 0.497 e. The van der Waals surface area contributed by atoms with Gasteiger partial charge in [-0.25, -0.2) is 9.97 Å². The van der Waals surface area contributed by atoms with Crippen molar-refractivity contribution in [3.63, 3.8) is 0 Å². The lowest BCUT2D eigenvalue weighted by molar-refractivity contribution is -0.113. The van der Waals surface area contributed by atoms with Gasteiger partial charge in [-0.15, -0.1) is 0 Å². The predicted molar refractivity (Wildman–Crippen MR) is 113 cm³/mol. The SMILES string of the molecule is COc1ccc(NC(=O)CSc2cc(NCc3ccccc3Cl)ncn2)cc1. The van der Waals surface area contributed by atoms with Gasteiger partial charge in [-0.05, 0) is 35.9 Å². The second-order valence-electron chi connectivity index (χ2n) is 5.75. The Morgan fingerprint density at radius 3 is 2.68 bits per heavy atom. The highest BCUT2D eigenvalue weighted by atomic mass is 35.5.